The Morgan fingerprint density at radius 2 is 1.29 bits per heavy atom. The van der Waals surface area contributed by atoms with Crippen LogP contribution in [0.3, 0.4) is 0 Å². The van der Waals surface area contributed by atoms with Crippen LogP contribution in [0.5, 0.6) is 0 Å². The van der Waals surface area contributed by atoms with Crippen LogP contribution in [0.2, 0.25) is 0 Å². The quantitative estimate of drug-likeness (QED) is 0.359. The fourth-order valence-corrected chi connectivity index (χ4v) is 4.02. The van der Waals surface area contributed by atoms with E-state index in [2.05, 4.69) is 26.8 Å². The van der Waals surface area contributed by atoms with E-state index in [4.69, 9.17) is 28.4 Å². The Balaban J connectivity index is 0.000000355. The molecule has 0 aromatic carbocycles. The first-order valence-corrected chi connectivity index (χ1v) is 14.7. The summed E-state index contributed by atoms with van der Waals surface area (Å²) in [5.41, 5.74) is 0.0315. The van der Waals surface area contributed by atoms with Gasteiger partial charge < -0.3 is 18.9 Å². The van der Waals surface area contributed by atoms with E-state index >= 15 is 0 Å². The molecular formula is C26H49NO7S. The molecule has 8 nitrogen and oxygen atoms in total. The standard InChI is InChI=1S/C13H23NO2.C13H26O5S/c1-13(2,3)11(7-8-14)10-16-12-6-4-5-9-15-12;1-13(2,3)11(10-18-19(4,14)15)9-17-12-7-5-6-8-16-12/h11-12H,4-7,9-10H2,1-3H3;11-12H,5-10H2,1-4H3/t2*11-,12?/m10/s1. The highest BCUT2D eigenvalue weighted by molar-refractivity contribution is 7.85. The predicted octanol–water partition coefficient (Wildman–Crippen LogP) is 5.27. The van der Waals surface area contributed by atoms with Gasteiger partial charge in [-0.15, -0.1) is 0 Å². The smallest absolute Gasteiger partial charge is 0.264 e. The molecule has 0 radical (unpaired) electrons. The SMILES string of the molecule is CC(C)(C)[C@@H](COC1CCCCO1)COS(C)(=O)=O.CC(C)(C)[C@H](CC#N)COC1CCCCO1. The lowest BCUT2D eigenvalue weighted by Crippen LogP contribution is -2.33. The molecule has 2 aliphatic heterocycles. The Kier molecular flexibility index (Phi) is 14.3. The highest BCUT2D eigenvalue weighted by Gasteiger charge is 2.28. The van der Waals surface area contributed by atoms with Gasteiger partial charge in [0.25, 0.3) is 10.1 Å². The zero-order valence-electron chi connectivity index (χ0n) is 23.0. The minimum atomic E-state index is -3.41. The number of hydrogen-bond donors (Lipinski definition) is 0. The molecule has 35 heavy (non-hydrogen) atoms. The van der Waals surface area contributed by atoms with E-state index in [-0.39, 0.29) is 41.9 Å². The highest BCUT2D eigenvalue weighted by atomic mass is 32.2. The molecule has 0 aromatic rings. The molecule has 2 rings (SSSR count). The summed E-state index contributed by atoms with van der Waals surface area (Å²) in [6, 6.07) is 2.24. The van der Waals surface area contributed by atoms with Gasteiger partial charge in [0.1, 0.15) is 0 Å². The number of ether oxygens (including phenoxy) is 4. The number of nitriles is 1. The molecule has 0 N–H and O–H groups in total. The summed E-state index contributed by atoms with van der Waals surface area (Å²) in [6.45, 7) is 15.4. The summed E-state index contributed by atoms with van der Waals surface area (Å²) in [7, 11) is -3.41. The lowest BCUT2D eigenvalue weighted by atomic mass is 9.79. The van der Waals surface area contributed by atoms with E-state index in [9.17, 15) is 8.42 Å². The predicted molar refractivity (Wildman–Crippen MR) is 136 cm³/mol. The summed E-state index contributed by atoms with van der Waals surface area (Å²) < 4.78 is 49.6. The van der Waals surface area contributed by atoms with Crippen LogP contribution in [0.4, 0.5) is 0 Å². The summed E-state index contributed by atoms with van der Waals surface area (Å²) in [6.07, 6.45) is 7.84. The molecule has 2 saturated heterocycles. The molecule has 0 amide bonds. The van der Waals surface area contributed by atoms with E-state index < -0.39 is 10.1 Å². The molecular weight excluding hydrogens is 470 g/mol. The van der Waals surface area contributed by atoms with Crippen LogP contribution in [-0.4, -0.2) is 60.3 Å². The number of hydrogen-bond acceptors (Lipinski definition) is 8. The number of nitrogens with zero attached hydrogens (tertiary/aromatic N) is 1. The highest BCUT2D eigenvalue weighted by Crippen LogP contribution is 2.30. The van der Waals surface area contributed by atoms with Crippen molar-refractivity contribution in [3.63, 3.8) is 0 Å². The van der Waals surface area contributed by atoms with E-state index in [0.717, 1.165) is 51.6 Å². The first-order chi connectivity index (χ1) is 16.2. The zero-order valence-corrected chi connectivity index (χ0v) is 23.8. The van der Waals surface area contributed by atoms with Gasteiger partial charge in [0.2, 0.25) is 0 Å². The molecule has 4 atom stereocenters. The molecule has 206 valence electrons. The molecule has 9 heteroatoms. The molecule has 2 unspecified atom stereocenters. The fourth-order valence-electron chi connectivity index (χ4n) is 3.61. The Morgan fingerprint density at radius 1 is 0.829 bits per heavy atom. The summed E-state index contributed by atoms with van der Waals surface area (Å²) in [5.74, 6) is 0.288. The second-order valence-electron chi connectivity index (χ2n) is 11.7. The monoisotopic (exact) mass is 519 g/mol. The second-order valence-corrected chi connectivity index (χ2v) is 13.4. The van der Waals surface area contributed by atoms with E-state index in [1.807, 2.05) is 20.8 Å². The van der Waals surface area contributed by atoms with Gasteiger partial charge in [-0.3, -0.25) is 4.18 Å². The van der Waals surface area contributed by atoms with Crippen LogP contribution >= 0.6 is 0 Å². The average molecular weight is 520 g/mol. The van der Waals surface area contributed by atoms with E-state index in [1.165, 1.54) is 6.42 Å². The zero-order chi connectivity index (χ0) is 26.5. The van der Waals surface area contributed by atoms with Crippen molar-refractivity contribution < 1.29 is 31.5 Å². The maximum Gasteiger partial charge on any atom is 0.264 e. The minimum Gasteiger partial charge on any atom is -0.353 e. The molecule has 0 spiro atoms. The van der Waals surface area contributed by atoms with Gasteiger partial charge in [-0.2, -0.15) is 13.7 Å². The van der Waals surface area contributed by atoms with Gasteiger partial charge in [-0.1, -0.05) is 41.5 Å². The third kappa shape index (κ3) is 15.2. The average Bonchev–Trinajstić information content (AvgIpc) is 2.76. The van der Waals surface area contributed by atoms with Crippen LogP contribution in [0.1, 0.15) is 86.5 Å². The van der Waals surface area contributed by atoms with Crippen molar-refractivity contribution in [2.75, 3.05) is 39.3 Å². The first-order valence-electron chi connectivity index (χ1n) is 12.9. The van der Waals surface area contributed by atoms with Gasteiger partial charge in [0.15, 0.2) is 12.6 Å². The first kappa shape index (κ1) is 32.3. The van der Waals surface area contributed by atoms with Gasteiger partial charge in [-0.25, -0.2) is 0 Å². The normalized spacial score (nSPS) is 23.5. The Hall–Kier alpha value is -0.760. The van der Waals surface area contributed by atoms with Crippen molar-refractivity contribution in [3.05, 3.63) is 0 Å². The molecule has 0 saturated carbocycles. The number of rotatable bonds is 10. The molecule has 2 aliphatic rings. The van der Waals surface area contributed by atoms with Crippen molar-refractivity contribution in [1.82, 2.24) is 0 Å². The Labute approximate surface area is 214 Å². The molecule has 0 aliphatic carbocycles. The molecule has 2 heterocycles. The largest absolute Gasteiger partial charge is 0.353 e. The summed E-state index contributed by atoms with van der Waals surface area (Å²) in [4.78, 5) is 0. The lowest BCUT2D eigenvalue weighted by molar-refractivity contribution is -0.175. The summed E-state index contributed by atoms with van der Waals surface area (Å²) >= 11 is 0. The van der Waals surface area contributed by atoms with Crippen LogP contribution in [0.25, 0.3) is 0 Å². The van der Waals surface area contributed by atoms with Crippen molar-refractivity contribution in [2.45, 2.75) is 99.1 Å². The van der Waals surface area contributed by atoms with Gasteiger partial charge in [-0.05, 0) is 49.4 Å². The maximum absolute atomic E-state index is 11.1. The van der Waals surface area contributed by atoms with E-state index in [1.54, 1.807) is 0 Å². The van der Waals surface area contributed by atoms with Crippen molar-refractivity contribution >= 4 is 10.1 Å². The molecule has 0 aromatic heterocycles. The Morgan fingerprint density at radius 3 is 1.63 bits per heavy atom. The van der Waals surface area contributed by atoms with Gasteiger partial charge >= 0.3 is 0 Å². The second kappa shape index (κ2) is 15.5. The topological polar surface area (TPSA) is 104 Å². The third-order valence-electron chi connectivity index (χ3n) is 6.51. The summed E-state index contributed by atoms with van der Waals surface area (Å²) in [5, 5.41) is 8.80. The van der Waals surface area contributed by atoms with Crippen LogP contribution < -0.4 is 0 Å². The van der Waals surface area contributed by atoms with Crippen molar-refractivity contribution in [1.29, 1.82) is 5.26 Å². The third-order valence-corrected chi connectivity index (χ3v) is 7.08. The van der Waals surface area contributed by atoms with E-state index in [0.29, 0.717) is 19.6 Å². The van der Waals surface area contributed by atoms with Gasteiger partial charge in [0, 0.05) is 31.5 Å². The minimum absolute atomic E-state index is 0.00718. The van der Waals surface area contributed by atoms with Crippen LogP contribution in [-0.2, 0) is 33.2 Å². The van der Waals surface area contributed by atoms with Crippen LogP contribution in [0, 0.1) is 34.0 Å². The van der Waals surface area contributed by atoms with Gasteiger partial charge in [0.05, 0.1) is 32.1 Å². The lowest BCUT2D eigenvalue weighted by Gasteiger charge is -2.32. The maximum atomic E-state index is 11.1. The fraction of sp³-hybridized carbons (Fsp3) is 0.962. The van der Waals surface area contributed by atoms with Crippen molar-refractivity contribution in [2.24, 2.45) is 22.7 Å². The molecule has 0 bridgehead atoms. The van der Waals surface area contributed by atoms with Crippen LogP contribution in [0.15, 0.2) is 0 Å². The molecule has 2 fully saturated rings. The van der Waals surface area contributed by atoms with Crippen molar-refractivity contribution in [3.8, 4) is 6.07 Å². The Bertz CT molecular complexity index is 709.